The summed E-state index contributed by atoms with van der Waals surface area (Å²) >= 11 is 0. The molecule has 0 aromatic heterocycles. The molecule has 3 aromatic carbocycles. The molecule has 1 fully saturated rings. The summed E-state index contributed by atoms with van der Waals surface area (Å²) in [6, 6.07) is 17.8. The number of benzene rings is 3. The van der Waals surface area contributed by atoms with Gasteiger partial charge in [0.15, 0.2) is 0 Å². The van der Waals surface area contributed by atoms with E-state index < -0.39 is 22.0 Å². The fraction of sp³-hybridized carbons (Fsp3) is 0.241. The van der Waals surface area contributed by atoms with Crippen LogP contribution in [0.2, 0.25) is 0 Å². The minimum Gasteiger partial charge on any atom is -0.478 e. The van der Waals surface area contributed by atoms with Crippen molar-refractivity contribution in [2.24, 2.45) is 11.7 Å². The molecule has 3 aromatic rings. The van der Waals surface area contributed by atoms with E-state index in [1.165, 1.54) is 18.9 Å². The van der Waals surface area contributed by atoms with Crippen LogP contribution < -0.4 is 16.4 Å². The zero-order chi connectivity index (χ0) is 30.2. The number of carbonyl (C=O) groups excluding carboxylic acids is 2. The molecule has 216 valence electrons. The van der Waals surface area contributed by atoms with Crippen molar-refractivity contribution >= 4 is 39.4 Å². The summed E-state index contributed by atoms with van der Waals surface area (Å²) in [7, 11) is -3.67. The van der Waals surface area contributed by atoms with Crippen molar-refractivity contribution in [1.29, 1.82) is 5.41 Å². The fourth-order valence-corrected chi connectivity index (χ4v) is 4.50. The number of rotatable bonds is 8. The van der Waals surface area contributed by atoms with Gasteiger partial charge >= 0.3 is 5.97 Å². The number of nitrogens with two attached hydrogens (primary N) is 1. The Labute approximate surface area is 238 Å². The second-order valence-electron chi connectivity index (χ2n) is 9.65. The topological polar surface area (TPSA) is 200 Å². The largest absolute Gasteiger partial charge is 0.478 e. The van der Waals surface area contributed by atoms with Gasteiger partial charge in [0, 0.05) is 28.9 Å². The smallest absolute Gasteiger partial charge is 0.336 e. The van der Waals surface area contributed by atoms with E-state index in [-0.39, 0.29) is 28.4 Å². The molecule has 1 saturated carbocycles. The van der Waals surface area contributed by atoms with Gasteiger partial charge in [-0.2, -0.15) is 8.42 Å². The number of carboxylic acids is 1. The van der Waals surface area contributed by atoms with E-state index in [1.54, 1.807) is 60.7 Å². The summed E-state index contributed by atoms with van der Waals surface area (Å²) in [4.78, 5) is 37.9. The highest BCUT2D eigenvalue weighted by Crippen LogP contribution is 2.29. The molecule has 0 atom stereocenters. The van der Waals surface area contributed by atoms with Crippen LogP contribution in [0.5, 0.6) is 0 Å². The molecule has 12 heteroatoms. The molecule has 4 rings (SSSR count). The van der Waals surface area contributed by atoms with Crippen LogP contribution in [0.25, 0.3) is 11.1 Å². The first kappa shape index (κ1) is 31.0. The van der Waals surface area contributed by atoms with Crippen LogP contribution in [0.4, 0.5) is 5.69 Å². The fourth-order valence-electron chi connectivity index (χ4n) is 4.50. The Bertz CT molecular complexity index is 1540. The molecule has 0 heterocycles. The number of hydrogen-bond donors (Lipinski definition) is 6. The van der Waals surface area contributed by atoms with Crippen molar-refractivity contribution < 1.29 is 32.5 Å². The molecule has 0 radical (unpaired) electrons. The zero-order valence-electron chi connectivity index (χ0n) is 22.4. The lowest BCUT2D eigenvalue weighted by Crippen LogP contribution is -2.28. The van der Waals surface area contributed by atoms with Gasteiger partial charge in [-0.3, -0.25) is 19.6 Å². The Balaban J connectivity index is 0.000000850. The lowest BCUT2D eigenvalue weighted by Gasteiger charge is -2.15. The number of carbonyl (C=O) groups is 3. The number of anilines is 1. The summed E-state index contributed by atoms with van der Waals surface area (Å²) in [6.45, 7) is 0.583. The normalized spacial score (nSPS) is 13.0. The minimum absolute atomic E-state index is 0.0606. The highest BCUT2D eigenvalue weighted by molar-refractivity contribution is 7.85. The van der Waals surface area contributed by atoms with Crippen LogP contribution in [0.1, 0.15) is 62.3 Å². The Kier molecular flexibility index (Phi) is 10.3. The molecule has 1 aliphatic rings. The molecule has 0 aliphatic heterocycles. The lowest BCUT2D eigenvalue weighted by atomic mass is 9.93. The lowest BCUT2D eigenvalue weighted by molar-refractivity contribution is 0.0697. The maximum Gasteiger partial charge on any atom is 0.336 e. The van der Waals surface area contributed by atoms with Crippen molar-refractivity contribution in [3.8, 4) is 11.1 Å². The van der Waals surface area contributed by atoms with Crippen LogP contribution >= 0.6 is 0 Å². The first-order chi connectivity index (χ1) is 19.3. The number of carboxylic acid groups (broad SMARTS) is 1. The Morgan fingerprint density at radius 3 is 2.05 bits per heavy atom. The Morgan fingerprint density at radius 1 is 0.902 bits per heavy atom. The predicted octanol–water partition coefficient (Wildman–Crippen LogP) is 4.01. The van der Waals surface area contributed by atoms with Crippen molar-refractivity contribution in [2.45, 2.75) is 25.7 Å². The van der Waals surface area contributed by atoms with E-state index in [0.29, 0.717) is 41.1 Å². The van der Waals surface area contributed by atoms with Crippen LogP contribution in [0.15, 0.2) is 66.7 Å². The van der Waals surface area contributed by atoms with Crippen molar-refractivity contribution in [3.05, 3.63) is 89.0 Å². The van der Waals surface area contributed by atoms with E-state index in [4.69, 9.17) is 15.7 Å². The number of hydrogen-bond acceptors (Lipinski definition) is 6. The van der Waals surface area contributed by atoms with Crippen molar-refractivity contribution in [1.82, 2.24) is 5.32 Å². The van der Waals surface area contributed by atoms with Crippen LogP contribution in [0, 0.1) is 11.3 Å². The zero-order valence-corrected chi connectivity index (χ0v) is 23.2. The average molecular weight is 581 g/mol. The Hall–Kier alpha value is -4.55. The molecule has 7 N–H and O–H groups in total. The third-order valence-electron chi connectivity index (χ3n) is 6.45. The summed E-state index contributed by atoms with van der Waals surface area (Å²) in [6.07, 6.45) is 5.26. The molecule has 0 saturated heterocycles. The van der Waals surface area contributed by atoms with Crippen LogP contribution in [-0.2, 0) is 10.1 Å². The van der Waals surface area contributed by atoms with Gasteiger partial charge in [0.2, 0.25) is 0 Å². The van der Waals surface area contributed by atoms with Gasteiger partial charge in [-0.05, 0) is 72.4 Å². The number of nitrogen functional groups attached to an aromatic ring is 1. The standard InChI is InChI=1S/C28H28N4O4.CH4O3S/c29-25(30)18-9-12-20(13-10-18)32-27(34)23-8-4-3-7-21(23)22-14-11-19(15-24(22)28(35)36)26(33)31-16-17-5-1-2-6-17;1-5(2,3)4/h3-4,7-15,17H,1-2,5-6,16H2,(H3,29,30)(H,31,33)(H,32,34)(H,35,36);1H3,(H,2,3,4). The summed E-state index contributed by atoms with van der Waals surface area (Å²) < 4.78 is 25.9. The van der Waals surface area contributed by atoms with Gasteiger partial charge in [0.1, 0.15) is 5.84 Å². The molecule has 2 amide bonds. The number of aromatic carboxylic acids is 1. The van der Waals surface area contributed by atoms with Crippen LogP contribution in [-0.4, -0.2) is 54.5 Å². The maximum absolute atomic E-state index is 13.1. The molecule has 0 spiro atoms. The quantitative estimate of drug-likeness (QED) is 0.130. The second-order valence-corrected chi connectivity index (χ2v) is 11.1. The number of nitrogens with one attached hydrogen (secondary N) is 3. The maximum atomic E-state index is 13.1. The van der Waals surface area contributed by atoms with Crippen LogP contribution in [0.3, 0.4) is 0 Å². The van der Waals surface area contributed by atoms with Gasteiger partial charge < -0.3 is 21.5 Å². The highest BCUT2D eigenvalue weighted by Gasteiger charge is 2.21. The van der Waals surface area contributed by atoms with Gasteiger partial charge in [-0.15, -0.1) is 0 Å². The SMILES string of the molecule is CS(=O)(=O)O.N=C(N)c1ccc(NC(=O)c2ccccc2-c2ccc(C(=O)NCC3CCCC3)cc2C(=O)O)cc1. The predicted molar refractivity (Wildman–Crippen MR) is 156 cm³/mol. The van der Waals surface area contributed by atoms with Crippen molar-refractivity contribution in [3.63, 3.8) is 0 Å². The molecule has 41 heavy (non-hydrogen) atoms. The van der Waals surface area contributed by atoms with Gasteiger partial charge in [0.25, 0.3) is 21.9 Å². The molecule has 1 aliphatic carbocycles. The first-order valence-corrected chi connectivity index (χ1v) is 14.6. The van der Waals surface area contributed by atoms with E-state index in [0.717, 1.165) is 12.8 Å². The van der Waals surface area contributed by atoms with E-state index >= 15 is 0 Å². The summed E-state index contributed by atoms with van der Waals surface area (Å²) in [5, 5.41) is 23.1. The summed E-state index contributed by atoms with van der Waals surface area (Å²) in [5.74, 6) is -1.52. The third-order valence-corrected chi connectivity index (χ3v) is 6.45. The molecule has 0 unspecified atom stereocenters. The number of amidine groups is 1. The van der Waals surface area contributed by atoms with Gasteiger partial charge in [-0.25, -0.2) is 4.79 Å². The highest BCUT2D eigenvalue weighted by atomic mass is 32.2. The van der Waals surface area contributed by atoms with E-state index in [9.17, 15) is 27.9 Å². The molecular formula is C29H32N4O7S. The van der Waals surface area contributed by atoms with E-state index in [1.807, 2.05) is 0 Å². The number of amides is 2. The monoisotopic (exact) mass is 580 g/mol. The first-order valence-electron chi connectivity index (χ1n) is 12.8. The van der Waals surface area contributed by atoms with Crippen molar-refractivity contribution in [2.75, 3.05) is 18.1 Å². The average Bonchev–Trinajstić information content (AvgIpc) is 3.44. The minimum atomic E-state index is -3.67. The molecule has 11 nitrogen and oxygen atoms in total. The van der Waals surface area contributed by atoms with Gasteiger partial charge in [0.05, 0.1) is 11.8 Å². The Morgan fingerprint density at radius 2 is 1.46 bits per heavy atom. The third kappa shape index (κ3) is 9.26. The molecular weight excluding hydrogens is 548 g/mol. The second kappa shape index (κ2) is 13.7. The molecule has 0 bridgehead atoms. The van der Waals surface area contributed by atoms with E-state index in [2.05, 4.69) is 10.6 Å². The summed E-state index contributed by atoms with van der Waals surface area (Å²) in [5.41, 5.74) is 7.78. The van der Waals surface area contributed by atoms with Gasteiger partial charge in [-0.1, -0.05) is 37.1 Å².